The van der Waals surface area contributed by atoms with Crippen LogP contribution in [0.25, 0.3) is 10.2 Å². The van der Waals surface area contributed by atoms with E-state index in [2.05, 4.69) is 31.1 Å². The van der Waals surface area contributed by atoms with Crippen LogP contribution >= 0.6 is 11.3 Å². The quantitative estimate of drug-likeness (QED) is 0.621. The maximum absolute atomic E-state index is 13.3. The summed E-state index contributed by atoms with van der Waals surface area (Å²) in [6, 6.07) is 5.15. The van der Waals surface area contributed by atoms with Crippen molar-refractivity contribution in [3.8, 4) is 11.5 Å². The Balaban J connectivity index is 1.59. The van der Waals surface area contributed by atoms with Gasteiger partial charge in [0.1, 0.15) is 22.9 Å². The molecule has 1 aromatic carbocycles. The normalized spacial score (nSPS) is 16.0. The number of hydrogen-bond donors (Lipinski definition) is 1. The summed E-state index contributed by atoms with van der Waals surface area (Å²) in [5.41, 5.74) is 1.68. The van der Waals surface area contributed by atoms with E-state index in [0.717, 1.165) is 29.7 Å². The van der Waals surface area contributed by atoms with E-state index in [9.17, 15) is 9.59 Å². The van der Waals surface area contributed by atoms with Gasteiger partial charge in [0.15, 0.2) is 0 Å². The molecule has 7 nitrogen and oxygen atoms in total. The number of benzene rings is 1. The molecule has 1 unspecified atom stereocenters. The third kappa shape index (κ3) is 4.24. The molecule has 2 aromatic heterocycles. The van der Waals surface area contributed by atoms with E-state index >= 15 is 0 Å². The number of carbonyl (C=O) groups excluding carboxylic acids is 1. The van der Waals surface area contributed by atoms with E-state index in [4.69, 9.17) is 9.47 Å². The number of amides is 1. The lowest BCUT2D eigenvalue weighted by atomic mass is 9.72. The molecule has 0 spiro atoms. The number of hydrogen-bond acceptors (Lipinski definition) is 6. The van der Waals surface area contributed by atoms with Gasteiger partial charge in [0, 0.05) is 10.9 Å². The van der Waals surface area contributed by atoms with Gasteiger partial charge in [0.2, 0.25) is 5.91 Å². The number of nitrogens with zero attached hydrogens (tertiary/aromatic N) is 2. The van der Waals surface area contributed by atoms with Crippen molar-refractivity contribution >= 4 is 33.1 Å². The van der Waals surface area contributed by atoms with Gasteiger partial charge in [-0.25, -0.2) is 4.98 Å². The Kier molecular flexibility index (Phi) is 5.99. The van der Waals surface area contributed by atoms with Crippen molar-refractivity contribution < 1.29 is 14.3 Å². The van der Waals surface area contributed by atoms with Crippen molar-refractivity contribution in [2.24, 2.45) is 11.3 Å². The van der Waals surface area contributed by atoms with Gasteiger partial charge >= 0.3 is 0 Å². The lowest BCUT2D eigenvalue weighted by Crippen LogP contribution is -2.29. The largest absolute Gasteiger partial charge is 0.497 e. The predicted molar refractivity (Wildman–Crippen MR) is 127 cm³/mol. The van der Waals surface area contributed by atoms with Gasteiger partial charge in [0.25, 0.3) is 5.56 Å². The zero-order chi connectivity index (χ0) is 23.0. The van der Waals surface area contributed by atoms with E-state index in [1.165, 1.54) is 22.9 Å². The number of aryl methyl sites for hydroxylation is 1. The minimum atomic E-state index is -0.336. The molecular weight excluding hydrogens is 426 g/mol. The first-order valence-corrected chi connectivity index (χ1v) is 11.5. The van der Waals surface area contributed by atoms with E-state index in [0.29, 0.717) is 28.5 Å². The number of fused-ring (bicyclic) bond motifs is 3. The van der Waals surface area contributed by atoms with Crippen LogP contribution in [0.4, 0.5) is 5.69 Å². The molecule has 0 aliphatic heterocycles. The van der Waals surface area contributed by atoms with Crippen LogP contribution in [0, 0.1) is 11.3 Å². The number of carbonyl (C=O) groups is 1. The first-order valence-electron chi connectivity index (χ1n) is 10.7. The van der Waals surface area contributed by atoms with Crippen LogP contribution in [0.1, 0.15) is 37.6 Å². The minimum Gasteiger partial charge on any atom is -0.497 e. The minimum absolute atomic E-state index is 0.128. The van der Waals surface area contributed by atoms with Crippen LogP contribution in [0.2, 0.25) is 0 Å². The van der Waals surface area contributed by atoms with Crippen LogP contribution in [0.5, 0.6) is 11.5 Å². The van der Waals surface area contributed by atoms with Crippen molar-refractivity contribution in [3.05, 3.63) is 45.3 Å². The molecular formula is C24H29N3O4S. The molecule has 0 bridgehead atoms. The summed E-state index contributed by atoms with van der Waals surface area (Å²) in [7, 11) is 3.09. The molecule has 3 aromatic rings. The Morgan fingerprint density at radius 1 is 1.28 bits per heavy atom. The molecule has 1 atom stereocenters. The van der Waals surface area contributed by atoms with Gasteiger partial charge in [0.05, 0.1) is 31.6 Å². The predicted octanol–water partition coefficient (Wildman–Crippen LogP) is 4.26. The second-order valence-electron chi connectivity index (χ2n) is 9.28. The molecule has 32 heavy (non-hydrogen) atoms. The maximum atomic E-state index is 13.3. The molecule has 170 valence electrons. The second-order valence-corrected chi connectivity index (χ2v) is 10.4. The molecule has 8 heteroatoms. The fourth-order valence-corrected chi connectivity index (χ4v) is 5.57. The highest BCUT2D eigenvalue weighted by atomic mass is 32.1. The van der Waals surface area contributed by atoms with Crippen molar-refractivity contribution in [2.75, 3.05) is 19.5 Å². The van der Waals surface area contributed by atoms with Crippen molar-refractivity contribution in [1.82, 2.24) is 9.55 Å². The molecule has 2 heterocycles. The molecule has 0 saturated carbocycles. The highest BCUT2D eigenvalue weighted by Gasteiger charge is 2.31. The van der Waals surface area contributed by atoms with Gasteiger partial charge in [-0.1, -0.05) is 20.8 Å². The lowest BCUT2D eigenvalue weighted by Gasteiger charge is -2.33. The van der Waals surface area contributed by atoms with Gasteiger partial charge < -0.3 is 14.8 Å². The monoisotopic (exact) mass is 455 g/mol. The summed E-state index contributed by atoms with van der Waals surface area (Å²) < 4.78 is 11.9. The van der Waals surface area contributed by atoms with Crippen LogP contribution < -0.4 is 20.3 Å². The first kappa shape index (κ1) is 22.3. The van der Waals surface area contributed by atoms with Crippen LogP contribution in [0.3, 0.4) is 0 Å². The Morgan fingerprint density at radius 2 is 2.06 bits per heavy atom. The Hall–Kier alpha value is -2.87. The zero-order valence-electron chi connectivity index (χ0n) is 19.2. The van der Waals surface area contributed by atoms with Crippen molar-refractivity contribution in [2.45, 2.75) is 46.6 Å². The second kappa shape index (κ2) is 8.58. The standard InChI is InChI=1S/C24H29N3O4S/c1-24(2,3)14-6-8-16-19(10-14)32-22-21(16)23(29)27(13-25-22)12-20(28)26-17-11-15(30-4)7-9-18(17)31-5/h7,9,11,13-14H,6,8,10,12H2,1-5H3,(H,26,28). The molecule has 1 amide bonds. The highest BCUT2D eigenvalue weighted by molar-refractivity contribution is 7.18. The van der Waals surface area contributed by atoms with Crippen LogP contribution in [-0.2, 0) is 24.2 Å². The van der Waals surface area contributed by atoms with Gasteiger partial charge in [-0.15, -0.1) is 11.3 Å². The van der Waals surface area contributed by atoms with Gasteiger partial charge in [-0.2, -0.15) is 0 Å². The van der Waals surface area contributed by atoms with E-state index in [-0.39, 0.29) is 23.4 Å². The first-order chi connectivity index (χ1) is 15.2. The van der Waals surface area contributed by atoms with Crippen LogP contribution in [-0.4, -0.2) is 29.7 Å². The number of anilines is 1. The fraction of sp³-hybridized carbons (Fsp3) is 0.458. The fourth-order valence-electron chi connectivity index (χ4n) is 4.31. The topological polar surface area (TPSA) is 82.4 Å². The number of thiophene rings is 1. The summed E-state index contributed by atoms with van der Waals surface area (Å²) in [5.74, 6) is 1.37. The maximum Gasteiger partial charge on any atom is 0.262 e. The molecule has 0 radical (unpaired) electrons. The van der Waals surface area contributed by atoms with E-state index in [1.807, 2.05) is 0 Å². The Morgan fingerprint density at radius 3 is 2.75 bits per heavy atom. The zero-order valence-corrected chi connectivity index (χ0v) is 20.0. The number of rotatable bonds is 5. The summed E-state index contributed by atoms with van der Waals surface area (Å²) in [4.78, 5) is 32.5. The van der Waals surface area contributed by atoms with Crippen molar-refractivity contribution in [3.63, 3.8) is 0 Å². The molecule has 0 fully saturated rings. The smallest absolute Gasteiger partial charge is 0.262 e. The highest BCUT2D eigenvalue weighted by Crippen LogP contribution is 2.42. The van der Waals surface area contributed by atoms with Gasteiger partial charge in [-0.3, -0.25) is 14.2 Å². The third-order valence-electron chi connectivity index (χ3n) is 6.26. The summed E-state index contributed by atoms with van der Waals surface area (Å²) >= 11 is 1.62. The number of methoxy groups -OCH3 is 2. The molecule has 0 saturated heterocycles. The Labute approximate surface area is 191 Å². The Bertz CT molecular complexity index is 1220. The average molecular weight is 456 g/mol. The summed E-state index contributed by atoms with van der Waals surface area (Å²) in [6.07, 6.45) is 4.39. The molecule has 4 rings (SSSR count). The van der Waals surface area contributed by atoms with E-state index in [1.54, 1.807) is 36.6 Å². The molecule has 1 aliphatic carbocycles. The number of ether oxygens (including phenoxy) is 2. The number of aromatic nitrogens is 2. The summed E-state index contributed by atoms with van der Waals surface area (Å²) in [5, 5.41) is 3.48. The number of nitrogens with one attached hydrogen (secondary N) is 1. The average Bonchev–Trinajstić information content (AvgIpc) is 3.13. The molecule has 1 N–H and O–H groups in total. The lowest BCUT2D eigenvalue weighted by molar-refractivity contribution is -0.116. The van der Waals surface area contributed by atoms with Crippen molar-refractivity contribution in [1.29, 1.82) is 0 Å². The molecule has 1 aliphatic rings. The third-order valence-corrected chi connectivity index (χ3v) is 7.42. The van der Waals surface area contributed by atoms with Gasteiger partial charge in [-0.05, 0) is 48.3 Å². The SMILES string of the molecule is COc1ccc(OC)c(NC(=O)Cn2cnc3sc4c(c3c2=O)CCC(C(C)(C)C)C4)c1. The van der Waals surface area contributed by atoms with Crippen LogP contribution in [0.15, 0.2) is 29.3 Å². The van der Waals surface area contributed by atoms with E-state index < -0.39 is 0 Å². The summed E-state index contributed by atoms with van der Waals surface area (Å²) in [6.45, 7) is 6.70.